The predicted molar refractivity (Wildman–Crippen MR) is 111 cm³/mol. The molecule has 0 radical (unpaired) electrons. The van der Waals surface area contributed by atoms with Gasteiger partial charge in [0.25, 0.3) is 0 Å². The molecule has 0 aliphatic rings. The van der Waals surface area contributed by atoms with Crippen molar-refractivity contribution in [3.05, 3.63) is 53.2 Å². The molecule has 0 aliphatic carbocycles. The fraction of sp³-hybridized carbons (Fsp3) is 0.333. The van der Waals surface area contributed by atoms with Gasteiger partial charge in [0.2, 0.25) is 11.8 Å². The molecule has 0 saturated heterocycles. The number of hydrogen-bond donors (Lipinski definition) is 4. The van der Waals surface area contributed by atoms with Crippen LogP contribution in [-0.2, 0) is 37.2 Å². The average molecular weight is 465 g/mol. The van der Waals surface area contributed by atoms with Crippen molar-refractivity contribution in [1.29, 1.82) is 0 Å². The number of carbonyl (C=O) groups excluding carboxylic acids is 3. The molecule has 13 nitrogen and oxygen atoms in total. The third-order valence-corrected chi connectivity index (χ3v) is 4.41. The van der Waals surface area contributed by atoms with Crippen LogP contribution in [0, 0.1) is 0 Å². The van der Waals surface area contributed by atoms with Gasteiger partial charge in [0.15, 0.2) is 15.7 Å². The Kier molecular flexibility index (Phi) is 9.28. The number of H-pyrrole nitrogens is 1. The molecule has 4 N–H and O–H groups in total. The van der Waals surface area contributed by atoms with E-state index in [1.807, 2.05) is 6.07 Å². The molecule has 32 heavy (non-hydrogen) atoms. The number of hydrogen-bond acceptors (Lipinski definition) is 9. The van der Waals surface area contributed by atoms with E-state index >= 15 is 0 Å². The van der Waals surface area contributed by atoms with E-state index in [4.69, 9.17) is 4.74 Å². The summed E-state index contributed by atoms with van der Waals surface area (Å²) in [5.74, 6) is -0.865. The van der Waals surface area contributed by atoms with Crippen LogP contribution in [0.1, 0.15) is 11.4 Å². The average Bonchev–Trinajstić information content (AvgIpc) is 3.26. The quantitative estimate of drug-likeness (QED) is 0.317. The molecule has 14 heteroatoms. The second-order valence-corrected chi connectivity index (χ2v) is 8.51. The highest BCUT2D eigenvalue weighted by atomic mass is 32.2. The molecule has 0 aliphatic heterocycles. The molecule has 2 aromatic rings. The lowest BCUT2D eigenvalue weighted by Crippen LogP contribution is -2.44. The summed E-state index contributed by atoms with van der Waals surface area (Å²) in [6, 6.07) is 8.28. The summed E-state index contributed by atoms with van der Waals surface area (Å²) >= 11 is 0. The van der Waals surface area contributed by atoms with Crippen LogP contribution in [0.4, 0.5) is 4.79 Å². The van der Waals surface area contributed by atoms with Crippen molar-refractivity contribution in [2.24, 2.45) is 0 Å². The van der Waals surface area contributed by atoms with Crippen molar-refractivity contribution in [3.63, 3.8) is 0 Å². The van der Waals surface area contributed by atoms with Crippen LogP contribution in [0.3, 0.4) is 0 Å². The molecule has 0 fully saturated rings. The van der Waals surface area contributed by atoms with E-state index in [9.17, 15) is 22.8 Å². The summed E-state index contributed by atoms with van der Waals surface area (Å²) in [5.41, 5.74) is 0.796. The predicted octanol–water partition coefficient (Wildman–Crippen LogP) is -1.17. The summed E-state index contributed by atoms with van der Waals surface area (Å²) in [4.78, 5) is 35.6. The van der Waals surface area contributed by atoms with E-state index in [-0.39, 0.29) is 19.6 Å². The van der Waals surface area contributed by atoms with Crippen LogP contribution in [0.5, 0.6) is 0 Å². The maximum atomic E-state index is 12.1. The minimum Gasteiger partial charge on any atom is -0.445 e. The second-order valence-electron chi connectivity index (χ2n) is 6.58. The highest BCUT2D eigenvalue weighted by Gasteiger charge is 2.14. The topological polar surface area (TPSA) is 185 Å². The number of tetrazole rings is 1. The van der Waals surface area contributed by atoms with Crippen molar-refractivity contribution >= 4 is 27.7 Å². The van der Waals surface area contributed by atoms with Gasteiger partial charge in [-0.25, -0.2) is 18.3 Å². The molecular formula is C18H23N7O6S. The molecule has 1 atom stereocenters. The summed E-state index contributed by atoms with van der Waals surface area (Å²) in [6.07, 6.45) is 1.62. The van der Waals surface area contributed by atoms with E-state index in [2.05, 4.69) is 36.6 Å². The Morgan fingerprint density at radius 2 is 1.84 bits per heavy atom. The number of carbonyl (C=O) groups is 3. The lowest BCUT2D eigenvalue weighted by molar-refractivity contribution is -0.125. The molecule has 1 heterocycles. The fourth-order valence-corrected chi connectivity index (χ4v) is 2.78. The van der Waals surface area contributed by atoms with Crippen LogP contribution in [0.2, 0.25) is 0 Å². The first kappa shape index (κ1) is 24.5. The molecular weight excluding hydrogens is 442 g/mol. The number of nitrogens with zero attached hydrogens (tertiary/aromatic N) is 3. The number of rotatable bonds is 11. The normalized spacial score (nSPS) is 12.2. The van der Waals surface area contributed by atoms with E-state index in [0.717, 1.165) is 17.2 Å². The Balaban J connectivity index is 1.73. The van der Waals surface area contributed by atoms with Gasteiger partial charge < -0.3 is 20.7 Å². The molecule has 1 aromatic heterocycles. The molecule has 0 bridgehead atoms. The Morgan fingerprint density at radius 1 is 1.12 bits per heavy atom. The molecule has 0 spiro atoms. The van der Waals surface area contributed by atoms with Gasteiger partial charge in [-0.2, -0.15) is 0 Å². The highest BCUT2D eigenvalue weighted by Crippen LogP contribution is 2.00. The summed E-state index contributed by atoms with van der Waals surface area (Å²) < 4.78 is 27.7. The van der Waals surface area contributed by atoms with E-state index in [0.29, 0.717) is 5.82 Å². The zero-order valence-corrected chi connectivity index (χ0v) is 18.0. The van der Waals surface area contributed by atoms with Crippen LogP contribution >= 0.6 is 0 Å². The standard InChI is InChI=1S/C18H23N7O6S/c1-32(29,30)8-7-14(9-15-22-24-25-23-15)21-17(27)11-19-16(26)10-20-18(28)31-12-13-5-3-2-4-6-13/h2-8,14H,9-12H2,1H3,(H,19,26)(H,20,28)(H,21,27)(H,22,23,24,25)/b8-7+/t14-/m1/s1. The minimum absolute atomic E-state index is 0.0554. The summed E-state index contributed by atoms with van der Waals surface area (Å²) in [5, 5.41) is 21.1. The van der Waals surface area contributed by atoms with E-state index in [1.54, 1.807) is 24.3 Å². The summed E-state index contributed by atoms with van der Waals surface area (Å²) in [6.45, 7) is -0.723. The lowest BCUT2D eigenvalue weighted by Gasteiger charge is -2.14. The number of amides is 3. The second kappa shape index (κ2) is 12.1. The Hall–Kier alpha value is -3.81. The maximum absolute atomic E-state index is 12.1. The van der Waals surface area contributed by atoms with Gasteiger partial charge in [0.1, 0.15) is 13.2 Å². The van der Waals surface area contributed by atoms with Gasteiger partial charge in [-0.05, 0) is 16.0 Å². The number of alkyl carbamates (subject to hydrolysis) is 1. The largest absolute Gasteiger partial charge is 0.445 e. The third-order valence-electron chi connectivity index (χ3n) is 3.76. The van der Waals surface area contributed by atoms with Gasteiger partial charge in [0, 0.05) is 18.1 Å². The number of ether oxygens (including phenoxy) is 1. The Morgan fingerprint density at radius 3 is 2.50 bits per heavy atom. The number of aromatic amines is 1. The van der Waals surface area contributed by atoms with Crippen LogP contribution in [0.25, 0.3) is 0 Å². The van der Waals surface area contributed by atoms with Crippen molar-refractivity contribution in [2.75, 3.05) is 19.3 Å². The lowest BCUT2D eigenvalue weighted by atomic mass is 10.2. The van der Waals surface area contributed by atoms with Crippen molar-refractivity contribution in [1.82, 2.24) is 36.6 Å². The van der Waals surface area contributed by atoms with Gasteiger partial charge >= 0.3 is 6.09 Å². The zero-order valence-electron chi connectivity index (χ0n) is 17.1. The molecule has 0 saturated carbocycles. The van der Waals surface area contributed by atoms with Crippen molar-refractivity contribution in [3.8, 4) is 0 Å². The summed E-state index contributed by atoms with van der Waals surface area (Å²) in [7, 11) is -3.41. The molecule has 3 amide bonds. The number of benzene rings is 1. The fourth-order valence-electron chi connectivity index (χ4n) is 2.30. The van der Waals surface area contributed by atoms with E-state index < -0.39 is 40.3 Å². The minimum atomic E-state index is -3.41. The number of aromatic nitrogens is 4. The molecule has 172 valence electrons. The first-order valence-corrected chi connectivity index (χ1v) is 11.3. The van der Waals surface area contributed by atoms with Crippen molar-refractivity contribution < 1.29 is 27.5 Å². The van der Waals surface area contributed by atoms with Crippen LogP contribution in [-0.4, -0.2) is 72.3 Å². The van der Waals surface area contributed by atoms with Gasteiger partial charge in [-0.1, -0.05) is 36.4 Å². The first-order chi connectivity index (χ1) is 15.2. The number of sulfone groups is 1. The molecule has 1 aromatic carbocycles. The van der Waals surface area contributed by atoms with Gasteiger partial charge in [-0.15, -0.1) is 5.10 Å². The SMILES string of the molecule is CS(=O)(=O)/C=C/[C@H](Cc1nnn[nH]1)NC(=O)CNC(=O)CNC(=O)OCc1ccccc1. The number of nitrogens with one attached hydrogen (secondary N) is 4. The smallest absolute Gasteiger partial charge is 0.407 e. The van der Waals surface area contributed by atoms with Gasteiger partial charge in [-0.3, -0.25) is 9.59 Å². The zero-order chi connectivity index (χ0) is 23.4. The molecule has 2 rings (SSSR count). The van der Waals surface area contributed by atoms with Gasteiger partial charge in [0.05, 0.1) is 12.6 Å². The van der Waals surface area contributed by atoms with Crippen LogP contribution < -0.4 is 16.0 Å². The molecule has 0 unspecified atom stereocenters. The first-order valence-electron chi connectivity index (χ1n) is 9.33. The highest BCUT2D eigenvalue weighted by molar-refractivity contribution is 7.93. The Bertz CT molecular complexity index is 1030. The van der Waals surface area contributed by atoms with E-state index in [1.165, 1.54) is 6.08 Å². The Labute approximate surface area is 183 Å². The third kappa shape index (κ3) is 10.3. The van der Waals surface area contributed by atoms with Crippen molar-refractivity contribution in [2.45, 2.75) is 19.1 Å². The maximum Gasteiger partial charge on any atom is 0.407 e. The van der Waals surface area contributed by atoms with Crippen LogP contribution in [0.15, 0.2) is 41.8 Å². The monoisotopic (exact) mass is 465 g/mol.